The van der Waals surface area contributed by atoms with Gasteiger partial charge in [-0.2, -0.15) is 0 Å². The normalized spacial score (nSPS) is 18.4. The third kappa shape index (κ3) is 4.22. The van der Waals surface area contributed by atoms with Gasteiger partial charge in [-0.05, 0) is 66.4 Å². The number of hydrogen-bond donors (Lipinski definition) is 3. The highest BCUT2D eigenvalue weighted by molar-refractivity contribution is 5.91. The van der Waals surface area contributed by atoms with Crippen LogP contribution in [0.1, 0.15) is 18.4 Å². The lowest BCUT2D eigenvalue weighted by molar-refractivity contribution is -0.121. The average Bonchev–Trinajstić information content (AvgIpc) is 3.31. The Bertz CT molecular complexity index is 1060. The molecule has 29 heavy (non-hydrogen) atoms. The molecule has 0 fully saturated rings. The molecule has 0 unspecified atom stereocenters. The Labute approximate surface area is 167 Å². The van der Waals surface area contributed by atoms with Crippen LogP contribution in [0.3, 0.4) is 0 Å². The van der Waals surface area contributed by atoms with Crippen molar-refractivity contribution >= 4 is 16.8 Å². The van der Waals surface area contributed by atoms with Crippen molar-refractivity contribution in [1.82, 2.24) is 10.3 Å². The van der Waals surface area contributed by atoms with Crippen molar-refractivity contribution in [2.24, 2.45) is 5.92 Å². The SMILES string of the molecule is O=C(CCc1c(-c2ccc(F)cc2)[nH]c2ccc(F)cc12)N[C@@H]1C=C[C@H](CO)C1. The summed E-state index contributed by atoms with van der Waals surface area (Å²) in [6, 6.07) is 10.5. The summed E-state index contributed by atoms with van der Waals surface area (Å²) in [6.07, 6.45) is 5.18. The molecule has 4 nitrogen and oxygen atoms in total. The zero-order chi connectivity index (χ0) is 20.4. The summed E-state index contributed by atoms with van der Waals surface area (Å²) in [5.74, 6) is -0.697. The van der Waals surface area contributed by atoms with E-state index in [-0.39, 0.29) is 42.5 Å². The van der Waals surface area contributed by atoms with E-state index in [2.05, 4.69) is 10.3 Å². The van der Waals surface area contributed by atoms with Crippen molar-refractivity contribution in [3.63, 3.8) is 0 Å². The van der Waals surface area contributed by atoms with Crippen LogP contribution < -0.4 is 5.32 Å². The molecular weight excluding hydrogens is 374 g/mol. The second kappa shape index (κ2) is 8.17. The van der Waals surface area contributed by atoms with Crippen LogP contribution in [0.2, 0.25) is 0 Å². The lowest BCUT2D eigenvalue weighted by atomic mass is 10.0. The third-order valence-electron chi connectivity index (χ3n) is 5.36. The predicted octanol–water partition coefficient (Wildman–Crippen LogP) is 4.10. The molecule has 0 saturated heterocycles. The molecule has 1 aromatic heterocycles. The number of nitrogens with one attached hydrogen (secondary N) is 2. The van der Waals surface area contributed by atoms with Gasteiger partial charge in [0.2, 0.25) is 5.91 Å². The van der Waals surface area contributed by atoms with E-state index < -0.39 is 0 Å². The molecule has 0 saturated carbocycles. The van der Waals surface area contributed by atoms with E-state index in [0.717, 1.165) is 27.7 Å². The second-order valence-corrected chi connectivity index (χ2v) is 7.41. The highest BCUT2D eigenvalue weighted by Gasteiger charge is 2.20. The molecule has 6 heteroatoms. The van der Waals surface area contributed by atoms with E-state index in [0.29, 0.717) is 12.8 Å². The Hall–Kier alpha value is -2.99. The highest BCUT2D eigenvalue weighted by Crippen LogP contribution is 2.32. The van der Waals surface area contributed by atoms with E-state index in [1.165, 1.54) is 24.3 Å². The molecular formula is C23H22F2N2O2. The second-order valence-electron chi connectivity index (χ2n) is 7.41. The van der Waals surface area contributed by atoms with Crippen molar-refractivity contribution in [2.75, 3.05) is 6.61 Å². The molecule has 1 aliphatic carbocycles. The molecule has 1 amide bonds. The van der Waals surface area contributed by atoms with Gasteiger partial charge in [0.15, 0.2) is 0 Å². The molecule has 0 spiro atoms. The molecule has 1 heterocycles. The minimum Gasteiger partial charge on any atom is -0.396 e. The first-order chi connectivity index (χ1) is 14.0. The van der Waals surface area contributed by atoms with Crippen LogP contribution >= 0.6 is 0 Å². The maximum Gasteiger partial charge on any atom is 0.220 e. The number of carbonyl (C=O) groups excluding carboxylic acids is 1. The van der Waals surface area contributed by atoms with Gasteiger partial charge in [-0.15, -0.1) is 0 Å². The van der Waals surface area contributed by atoms with Gasteiger partial charge in [0.25, 0.3) is 0 Å². The molecule has 3 N–H and O–H groups in total. The van der Waals surface area contributed by atoms with Crippen LogP contribution in [0, 0.1) is 17.6 Å². The topological polar surface area (TPSA) is 65.1 Å². The lowest BCUT2D eigenvalue weighted by Crippen LogP contribution is -2.33. The zero-order valence-corrected chi connectivity index (χ0v) is 15.8. The molecule has 150 valence electrons. The van der Waals surface area contributed by atoms with Gasteiger partial charge in [0.1, 0.15) is 11.6 Å². The number of hydrogen-bond acceptors (Lipinski definition) is 2. The fourth-order valence-corrected chi connectivity index (χ4v) is 3.88. The first kappa shape index (κ1) is 19.3. The quantitative estimate of drug-likeness (QED) is 0.550. The van der Waals surface area contributed by atoms with E-state index in [1.54, 1.807) is 18.2 Å². The number of rotatable bonds is 6. The van der Waals surface area contributed by atoms with Crippen LogP contribution in [-0.4, -0.2) is 28.6 Å². The molecule has 0 aliphatic heterocycles. The number of H-pyrrole nitrogens is 1. The van der Waals surface area contributed by atoms with Gasteiger partial charge in [-0.25, -0.2) is 8.78 Å². The van der Waals surface area contributed by atoms with E-state index in [4.69, 9.17) is 0 Å². The van der Waals surface area contributed by atoms with E-state index in [9.17, 15) is 18.7 Å². The van der Waals surface area contributed by atoms with Crippen LogP contribution in [-0.2, 0) is 11.2 Å². The van der Waals surface area contributed by atoms with Gasteiger partial charge in [-0.3, -0.25) is 4.79 Å². The predicted molar refractivity (Wildman–Crippen MR) is 108 cm³/mol. The minimum atomic E-state index is -0.348. The Kier molecular flexibility index (Phi) is 5.45. The summed E-state index contributed by atoms with van der Waals surface area (Å²) in [5, 5.41) is 12.9. The molecule has 1 aliphatic rings. The molecule has 2 atom stereocenters. The van der Waals surface area contributed by atoms with Crippen LogP contribution in [0.25, 0.3) is 22.2 Å². The third-order valence-corrected chi connectivity index (χ3v) is 5.36. The van der Waals surface area contributed by atoms with Gasteiger partial charge in [0, 0.05) is 41.6 Å². The molecule has 2 aromatic carbocycles. The number of aryl methyl sites for hydroxylation is 1. The highest BCUT2D eigenvalue weighted by atomic mass is 19.1. The Morgan fingerprint density at radius 2 is 1.86 bits per heavy atom. The minimum absolute atomic E-state index is 0.0726. The largest absolute Gasteiger partial charge is 0.396 e. The Morgan fingerprint density at radius 1 is 1.10 bits per heavy atom. The number of halogens is 2. The van der Waals surface area contributed by atoms with Crippen molar-refractivity contribution < 1.29 is 18.7 Å². The number of aliphatic hydroxyl groups is 1. The fourth-order valence-electron chi connectivity index (χ4n) is 3.88. The number of fused-ring (bicyclic) bond motifs is 1. The van der Waals surface area contributed by atoms with Gasteiger partial charge < -0.3 is 15.4 Å². The van der Waals surface area contributed by atoms with Crippen molar-refractivity contribution in [2.45, 2.75) is 25.3 Å². The molecule has 0 radical (unpaired) electrons. The van der Waals surface area contributed by atoms with Crippen molar-refractivity contribution in [3.8, 4) is 11.3 Å². The van der Waals surface area contributed by atoms with Gasteiger partial charge in [0.05, 0.1) is 0 Å². The smallest absolute Gasteiger partial charge is 0.220 e. The zero-order valence-electron chi connectivity index (χ0n) is 15.8. The van der Waals surface area contributed by atoms with Gasteiger partial charge >= 0.3 is 0 Å². The van der Waals surface area contributed by atoms with Crippen LogP contribution in [0.15, 0.2) is 54.6 Å². The molecule has 4 rings (SSSR count). The Balaban J connectivity index is 1.56. The summed E-state index contributed by atoms with van der Waals surface area (Å²) in [4.78, 5) is 15.7. The number of amides is 1. The number of benzene rings is 2. The summed E-state index contributed by atoms with van der Waals surface area (Å²) < 4.78 is 27.2. The number of aromatic nitrogens is 1. The van der Waals surface area contributed by atoms with Crippen LogP contribution in [0.5, 0.6) is 0 Å². The van der Waals surface area contributed by atoms with Crippen LogP contribution in [0.4, 0.5) is 8.78 Å². The molecule has 3 aromatic rings. The fraction of sp³-hybridized carbons (Fsp3) is 0.261. The van der Waals surface area contributed by atoms with E-state index >= 15 is 0 Å². The first-order valence-corrected chi connectivity index (χ1v) is 9.68. The van der Waals surface area contributed by atoms with Gasteiger partial charge in [-0.1, -0.05) is 12.2 Å². The van der Waals surface area contributed by atoms with Crippen molar-refractivity contribution in [1.29, 1.82) is 0 Å². The van der Waals surface area contributed by atoms with E-state index in [1.807, 2.05) is 12.2 Å². The van der Waals surface area contributed by atoms with Crippen molar-refractivity contribution in [3.05, 3.63) is 71.8 Å². The summed E-state index contributed by atoms with van der Waals surface area (Å²) in [6.45, 7) is 0.0742. The molecule has 0 bridgehead atoms. The maximum absolute atomic E-state index is 13.9. The number of carbonyl (C=O) groups is 1. The summed E-state index contributed by atoms with van der Waals surface area (Å²) in [5.41, 5.74) is 3.14. The lowest BCUT2D eigenvalue weighted by Gasteiger charge is -2.13. The standard InChI is InChI=1S/C23H22F2N2O2/c24-16-4-2-15(3-5-16)23-19(20-12-17(25)6-9-21(20)27-23)8-10-22(29)26-18-7-1-14(11-18)13-28/h1-7,9,12,14,18,27-28H,8,10-11,13H2,(H,26,29)/t14-,18+/m0/s1. The average molecular weight is 396 g/mol. The summed E-state index contributed by atoms with van der Waals surface area (Å²) >= 11 is 0. The summed E-state index contributed by atoms with van der Waals surface area (Å²) in [7, 11) is 0. The monoisotopic (exact) mass is 396 g/mol. The first-order valence-electron chi connectivity index (χ1n) is 9.68. The number of aliphatic hydroxyl groups excluding tert-OH is 1. The Morgan fingerprint density at radius 3 is 2.59 bits per heavy atom. The number of aromatic amines is 1. The maximum atomic E-state index is 13.9.